The molecule has 5 heteroatoms. The third-order valence-corrected chi connectivity index (χ3v) is 3.80. The van der Waals surface area contributed by atoms with Crippen LogP contribution in [0, 0.1) is 17.0 Å². The average Bonchev–Trinajstić information content (AvgIpc) is 2.81. The van der Waals surface area contributed by atoms with Gasteiger partial charge in [0.2, 0.25) is 0 Å². The van der Waals surface area contributed by atoms with Gasteiger partial charge in [-0.2, -0.15) is 0 Å². The van der Waals surface area contributed by atoms with Crippen LogP contribution in [0.25, 0.3) is 0 Å². The number of thiophene rings is 1. The first-order valence-corrected chi connectivity index (χ1v) is 6.51. The van der Waals surface area contributed by atoms with Crippen molar-refractivity contribution < 1.29 is 4.92 Å². The highest BCUT2D eigenvalue weighted by Crippen LogP contribution is 2.26. The normalized spacial score (nSPS) is 12.1. The third kappa shape index (κ3) is 2.68. The first-order chi connectivity index (χ1) is 8.58. The highest BCUT2D eigenvalue weighted by molar-refractivity contribution is 7.10. The molecule has 1 atom stereocenters. The van der Waals surface area contributed by atoms with Crippen molar-refractivity contribution in [3.05, 3.63) is 56.3 Å². The molecular weight excluding hydrogens is 248 g/mol. The summed E-state index contributed by atoms with van der Waals surface area (Å²) in [5.74, 6) is 0. The summed E-state index contributed by atoms with van der Waals surface area (Å²) in [5.41, 5.74) is 1.73. The van der Waals surface area contributed by atoms with E-state index in [4.69, 9.17) is 0 Å². The Morgan fingerprint density at radius 1 is 1.39 bits per heavy atom. The monoisotopic (exact) mass is 262 g/mol. The van der Waals surface area contributed by atoms with Crippen LogP contribution in [-0.2, 0) is 0 Å². The minimum absolute atomic E-state index is 0.157. The van der Waals surface area contributed by atoms with E-state index in [2.05, 4.69) is 18.3 Å². The lowest BCUT2D eigenvalue weighted by atomic mass is 10.1. The first-order valence-electron chi connectivity index (χ1n) is 5.63. The Hall–Kier alpha value is -1.88. The molecule has 0 fully saturated rings. The predicted molar refractivity (Wildman–Crippen MR) is 74.2 cm³/mol. The second kappa shape index (κ2) is 5.18. The number of anilines is 1. The molecule has 1 N–H and O–H groups in total. The van der Waals surface area contributed by atoms with Gasteiger partial charge in [0.1, 0.15) is 0 Å². The Balaban J connectivity index is 2.15. The summed E-state index contributed by atoms with van der Waals surface area (Å²) in [7, 11) is 0. The molecule has 0 radical (unpaired) electrons. The predicted octanol–water partition coefficient (Wildman–Crippen LogP) is 4.14. The number of nitrogens with one attached hydrogen (secondary N) is 1. The van der Waals surface area contributed by atoms with Crippen molar-refractivity contribution in [3.8, 4) is 0 Å². The van der Waals surface area contributed by atoms with Crippen LogP contribution in [0.2, 0.25) is 0 Å². The molecule has 1 heterocycles. The number of nitrogens with zero attached hydrogens (tertiary/aromatic N) is 1. The Kier molecular flexibility index (Phi) is 3.62. The van der Waals surface area contributed by atoms with Crippen molar-refractivity contribution in [2.24, 2.45) is 0 Å². The van der Waals surface area contributed by atoms with Gasteiger partial charge in [0.05, 0.1) is 11.0 Å². The molecule has 0 bridgehead atoms. The van der Waals surface area contributed by atoms with E-state index < -0.39 is 0 Å². The third-order valence-electron chi connectivity index (χ3n) is 2.75. The van der Waals surface area contributed by atoms with Gasteiger partial charge >= 0.3 is 0 Å². The summed E-state index contributed by atoms with van der Waals surface area (Å²) in [5, 5.41) is 16.1. The van der Waals surface area contributed by atoms with Gasteiger partial charge in [-0.3, -0.25) is 10.1 Å². The van der Waals surface area contributed by atoms with Crippen molar-refractivity contribution in [1.82, 2.24) is 0 Å². The van der Waals surface area contributed by atoms with Gasteiger partial charge in [-0.05, 0) is 37.4 Å². The lowest BCUT2D eigenvalue weighted by Crippen LogP contribution is -2.05. The quantitative estimate of drug-likeness (QED) is 0.665. The number of nitro groups is 1. The second-order valence-electron chi connectivity index (χ2n) is 4.14. The molecule has 1 unspecified atom stereocenters. The molecule has 0 aliphatic rings. The second-order valence-corrected chi connectivity index (χ2v) is 5.12. The van der Waals surface area contributed by atoms with Crippen LogP contribution in [-0.4, -0.2) is 4.92 Å². The van der Waals surface area contributed by atoms with Gasteiger partial charge in [-0.1, -0.05) is 6.07 Å². The van der Waals surface area contributed by atoms with Gasteiger partial charge < -0.3 is 5.32 Å². The fourth-order valence-electron chi connectivity index (χ4n) is 1.81. The van der Waals surface area contributed by atoms with Crippen LogP contribution in [0.15, 0.2) is 35.7 Å². The molecule has 0 amide bonds. The zero-order chi connectivity index (χ0) is 13.1. The zero-order valence-electron chi connectivity index (χ0n) is 10.2. The fraction of sp³-hybridized carbons (Fsp3) is 0.231. The SMILES string of the molecule is Cc1cc(NC(C)c2cccs2)ccc1[N+](=O)[O-]. The van der Waals surface area contributed by atoms with E-state index in [1.807, 2.05) is 17.5 Å². The average molecular weight is 262 g/mol. The van der Waals surface area contributed by atoms with Crippen LogP contribution < -0.4 is 5.32 Å². The molecule has 2 rings (SSSR count). The smallest absolute Gasteiger partial charge is 0.272 e. The highest BCUT2D eigenvalue weighted by Gasteiger charge is 2.12. The summed E-state index contributed by atoms with van der Waals surface area (Å²) in [6.45, 7) is 3.82. The standard InChI is InChI=1S/C13H14N2O2S/c1-9-8-11(5-6-12(9)15(16)17)14-10(2)13-4-3-7-18-13/h3-8,10,14H,1-2H3. The molecule has 0 saturated heterocycles. The number of rotatable bonds is 4. The van der Waals surface area contributed by atoms with Crippen LogP contribution in [0.3, 0.4) is 0 Å². The van der Waals surface area contributed by atoms with Crippen LogP contribution in [0.1, 0.15) is 23.4 Å². The molecule has 2 aromatic rings. The minimum Gasteiger partial charge on any atom is -0.378 e. The first kappa shape index (κ1) is 12.6. The minimum atomic E-state index is -0.359. The molecule has 18 heavy (non-hydrogen) atoms. The molecule has 1 aromatic heterocycles. The van der Waals surface area contributed by atoms with E-state index in [1.54, 1.807) is 30.4 Å². The van der Waals surface area contributed by atoms with Gasteiger partial charge in [0.15, 0.2) is 0 Å². The van der Waals surface area contributed by atoms with Crippen molar-refractivity contribution in [2.45, 2.75) is 19.9 Å². The summed E-state index contributed by atoms with van der Waals surface area (Å²) in [6, 6.07) is 9.38. The largest absolute Gasteiger partial charge is 0.378 e. The van der Waals surface area contributed by atoms with Crippen molar-refractivity contribution >= 4 is 22.7 Å². The van der Waals surface area contributed by atoms with E-state index >= 15 is 0 Å². The van der Waals surface area contributed by atoms with E-state index in [9.17, 15) is 10.1 Å². The number of hydrogen-bond acceptors (Lipinski definition) is 4. The van der Waals surface area contributed by atoms with Gasteiger partial charge in [-0.15, -0.1) is 11.3 Å². The van der Waals surface area contributed by atoms with Crippen LogP contribution >= 0.6 is 11.3 Å². The Labute approximate surface area is 109 Å². The highest BCUT2D eigenvalue weighted by atomic mass is 32.1. The fourth-order valence-corrected chi connectivity index (χ4v) is 2.54. The van der Waals surface area contributed by atoms with Crippen molar-refractivity contribution in [2.75, 3.05) is 5.32 Å². The lowest BCUT2D eigenvalue weighted by molar-refractivity contribution is -0.385. The summed E-state index contributed by atoms with van der Waals surface area (Å²) < 4.78 is 0. The molecular formula is C13H14N2O2S. The number of aryl methyl sites for hydroxylation is 1. The topological polar surface area (TPSA) is 55.2 Å². The van der Waals surface area contributed by atoms with E-state index in [0.717, 1.165) is 5.69 Å². The number of benzene rings is 1. The number of hydrogen-bond donors (Lipinski definition) is 1. The molecule has 1 aromatic carbocycles. The lowest BCUT2D eigenvalue weighted by Gasteiger charge is -2.14. The van der Waals surface area contributed by atoms with Crippen molar-refractivity contribution in [3.63, 3.8) is 0 Å². The maximum atomic E-state index is 10.7. The molecule has 4 nitrogen and oxygen atoms in total. The Bertz CT molecular complexity index is 552. The summed E-state index contributed by atoms with van der Waals surface area (Å²) in [4.78, 5) is 11.6. The van der Waals surface area contributed by atoms with Gasteiger partial charge in [-0.25, -0.2) is 0 Å². The molecule has 94 valence electrons. The molecule has 0 aliphatic carbocycles. The van der Waals surface area contributed by atoms with E-state index in [-0.39, 0.29) is 16.7 Å². The van der Waals surface area contributed by atoms with E-state index in [1.165, 1.54) is 4.88 Å². The summed E-state index contributed by atoms with van der Waals surface area (Å²) in [6.07, 6.45) is 0. The molecule has 0 saturated carbocycles. The Morgan fingerprint density at radius 3 is 2.72 bits per heavy atom. The van der Waals surface area contributed by atoms with Crippen LogP contribution in [0.4, 0.5) is 11.4 Å². The summed E-state index contributed by atoms with van der Waals surface area (Å²) >= 11 is 1.69. The zero-order valence-corrected chi connectivity index (χ0v) is 11.0. The Morgan fingerprint density at radius 2 is 2.17 bits per heavy atom. The van der Waals surface area contributed by atoms with Gasteiger partial charge in [0.25, 0.3) is 5.69 Å². The number of nitro benzene ring substituents is 1. The maximum absolute atomic E-state index is 10.7. The molecule has 0 spiro atoms. The van der Waals surface area contributed by atoms with E-state index in [0.29, 0.717) is 5.56 Å². The van der Waals surface area contributed by atoms with Gasteiger partial charge in [0, 0.05) is 22.2 Å². The molecule has 0 aliphatic heterocycles. The maximum Gasteiger partial charge on any atom is 0.272 e. The van der Waals surface area contributed by atoms with Crippen LogP contribution in [0.5, 0.6) is 0 Å². The van der Waals surface area contributed by atoms with Crippen molar-refractivity contribution in [1.29, 1.82) is 0 Å².